The lowest BCUT2D eigenvalue weighted by atomic mass is 9.96. The summed E-state index contributed by atoms with van der Waals surface area (Å²) in [5.74, 6) is 0.952. The van der Waals surface area contributed by atoms with E-state index in [2.05, 4.69) is 20.8 Å². The van der Waals surface area contributed by atoms with Gasteiger partial charge in [0.25, 0.3) is 0 Å². The first-order chi connectivity index (χ1) is 15.5. The number of rotatable bonds is 9. The summed E-state index contributed by atoms with van der Waals surface area (Å²) in [5, 5.41) is 21.3. The highest BCUT2D eigenvalue weighted by molar-refractivity contribution is 7.90. The van der Waals surface area contributed by atoms with Gasteiger partial charge in [-0.2, -0.15) is 5.10 Å². The standard InChI is InChI=1S/C23H32N4O5S/c1-14-5-4-6-18(22(14)33(3,31)32)12-21(28)25-20-13-19(26-27-20)17-10-9-16(11-17)8-7-15(2)24-23(29)30/h4-6,13,15-17,24H,7-12H2,1-3H3,(H,29,30)(H2,25,26,27,28)/t15-,16?,17?/m0/s1. The first-order valence-corrected chi connectivity index (χ1v) is 13.0. The highest BCUT2D eigenvalue weighted by Crippen LogP contribution is 2.40. The van der Waals surface area contributed by atoms with Crippen LogP contribution in [0.15, 0.2) is 29.2 Å². The maximum atomic E-state index is 12.6. The average Bonchev–Trinajstić information content (AvgIpc) is 3.34. The fourth-order valence-corrected chi connectivity index (χ4v) is 6.01. The lowest BCUT2D eigenvalue weighted by Crippen LogP contribution is -2.31. The van der Waals surface area contributed by atoms with Crippen LogP contribution in [-0.2, 0) is 21.1 Å². The van der Waals surface area contributed by atoms with Gasteiger partial charge in [-0.3, -0.25) is 9.89 Å². The molecule has 1 fully saturated rings. The Morgan fingerprint density at radius 3 is 2.76 bits per heavy atom. The molecule has 2 amide bonds. The van der Waals surface area contributed by atoms with Crippen LogP contribution in [0, 0.1) is 12.8 Å². The molecular weight excluding hydrogens is 444 g/mol. The van der Waals surface area contributed by atoms with E-state index in [1.807, 2.05) is 13.0 Å². The summed E-state index contributed by atoms with van der Waals surface area (Å²) in [6, 6.07) is 6.90. The van der Waals surface area contributed by atoms with E-state index in [4.69, 9.17) is 5.11 Å². The normalized spacial score (nSPS) is 19.2. The molecule has 1 aromatic heterocycles. The number of carboxylic acid groups (broad SMARTS) is 1. The van der Waals surface area contributed by atoms with Crippen LogP contribution in [0.25, 0.3) is 0 Å². The average molecular weight is 477 g/mol. The summed E-state index contributed by atoms with van der Waals surface area (Å²) in [4.78, 5) is 23.5. The van der Waals surface area contributed by atoms with E-state index < -0.39 is 15.9 Å². The van der Waals surface area contributed by atoms with Crippen LogP contribution in [0.1, 0.15) is 61.8 Å². The zero-order valence-electron chi connectivity index (χ0n) is 19.2. The predicted octanol–water partition coefficient (Wildman–Crippen LogP) is 3.62. The third-order valence-electron chi connectivity index (χ3n) is 6.24. The van der Waals surface area contributed by atoms with Crippen molar-refractivity contribution in [3.63, 3.8) is 0 Å². The van der Waals surface area contributed by atoms with E-state index in [-0.39, 0.29) is 23.3 Å². The summed E-state index contributed by atoms with van der Waals surface area (Å²) < 4.78 is 24.3. The molecule has 3 atom stereocenters. The Kier molecular flexibility index (Phi) is 7.78. The number of sulfone groups is 1. The van der Waals surface area contributed by atoms with Crippen LogP contribution in [0.4, 0.5) is 10.6 Å². The molecular formula is C23H32N4O5S. The third-order valence-corrected chi connectivity index (χ3v) is 7.57. The van der Waals surface area contributed by atoms with E-state index in [0.717, 1.165) is 44.1 Å². The van der Waals surface area contributed by atoms with Crippen molar-refractivity contribution in [1.82, 2.24) is 15.5 Å². The van der Waals surface area contributed by atoms with E-state index in [9.17, 15) is 18.0 Å². The highest BCUT2D eigenvalue weighted by atomic mass is 32.2. The molecule has 1 saturated carbocycles. The lowest BCUT2D eigenvalue weighted by Gasteiger charge is -2.14. The van der Waals surface area contributed by atoms with Crippen molar-refractivity contribution in [2.24, 2.45) is 5.92 Å². The van der Waals surface area contributed by atoms with Gasteiger partial charge in [0.1, 0.15) is 0 Å². The van der Waals surface area contributed by atoms with Crippen molar-refractivity contribution >= 4 is 27.7 Å². The lowest BCUT2D eigenvalue weighted by molar-refractivity contribution is -0.115. The van der Waals surface area contributed by atoms with Gasteiger partial charge < -0.3 is 15.7 Å². The third kappa shape index (κ3) is 6.80. The van der Waals surface area contributed by atoms with Gasteiger partial charge in [-0.05, 0) is 63.0 Å². The number of carbonyl (C=O) groups is 2. The molecule has 33 heavy (non-hydrogen) atoms. The number of benzene rings is 1. The van der Waals surface area contributed by atoms with E-state index in [1.54, 1.807) is 25.1 Å². The minimum absolute atomic E-state index is 0.0552. The molecule has 3 rings (SSSR count). The molecule has 1 aliphatic carbocycles. The number of amides is 2. The summed E-state index contributed by atoms with van der Waals surface area (Å²) >= 11 is 0. The zero-order chi connectivity index (χ0) is 24.2. The first-order valence-electron chi connectivity index (χ1n) is 11.2. The number of carbonyl (C=O) groups excluding carboxylic acids is 1. The second-order valence-corrected chi connectivity index (χ2v) is 11.0. The van der Waals surface area contributed by atoms with Crippen molar-refractivity contribution in [1.29, 1.82) is 0 Å². The maximum Gasteiger partial charge on any atom is 0.404 e. The zero-order valence-corrected chi connectivity index (χ0v) is 20.0. The summed E-state index contributed by atoms with van der Waals surface area (Å²) in [5.41, 5.74) is 2.06. The number of anilines is 1. The smallest absolute Gasteiger partial charge is 0.404 e. The molecule has 0 bridgehead atoms. The molecule has 10 heteroatoms. The Hall–Kier alpha value is -2.88. The van der Waals surface area contributed by atoms with Crippen molar-refractivity contribution in [2.45, 2.75) is 69.2 Å². The van der Waals surface area contributed by atoms with Crippen LogP contribution < -0.4 is 10.6 Å². The van der Waals surface area contributed by atoms with E-state index in [1.165, 1.54) is 0 Å². The molecule has 0 radical (unpaired) electrons. The predicted molar refractivity (Wildman–Crippen MR) is 125 cm³/mol. The SMILES string of the molecule is Cc1cccc(CC(=O)Nc2cc(C3CCC(CC[C@H](C)NC(=O)O)C3)[nH]n2)c1S(C)(=O)=O. The number of aromatic nitrogens is 2. The molecule has 1 aromatic carbocycles. The van der Waals surface area contributed by atoms with Crippen molar-refractivity contribution < 1.29 is 23.1 Å². The van der Waals surface area contributed by atoms with Gasteiger partial charge in [-0.15, -0.1) is 0 Å². The van der Waals surface area contributed by atoms with Gasteiger partial charge in [-0.25, -0.2) is 13.2 Å². The molecule has 0 aliphatic heterocycles. The fourth-order valence-electron chi connectivity index (χ4n) is 4.74. The number of nitrogens with zero attached hydrogens (tertiary/aromatic N) is 1. The van der Waals surface area contributed by atoms with Gasteiger partial charge in [0, 0.05) is 30.0 Å². The summed E-state index contributed by atoms with van der Waals surface area (Å²) in [6.07, 6.45) is 4.96. The maximum absolute atomic E-state index is 12.6. The number of aromatic amines is 1. The number of hydrogen-bond acceptors (Lipinski definition) is 5. The molecule has 2 unspecified atom stereocenters. The molecule has 1 heterocycles. The quantitative estimate of drug-likeness (QED) is 0.435. The minimum Gasteiger partial charge on any atom is -0.465 e. The monoisotopic (exact) mass is 476 g/mol. The van der Waals surface area contributed by atoms with Gasteiger partial charge in [0.15, 0.2) is 15.7 Å². The van der Waals surface area contributed by atoms with E-state index in [0.29, 0.717) is 28.8 Å². The molecule has 4 N–H and O–H groups in total. The van der Waals surface area contributed by atoms with Crippen LogP contribution in [0.2, 0.25) is 0 Å². The number of aryl methyl sites for hydroxylation is 1. The Morgan fingerprint density at radius 2 is 2.06 bits per heavy atom. The largest absolute Gasteiger partial charge is 0.465 e. The Bertz CT molecular complexity index is 1110. The number of H-pyrrole nitrogens is 1. The Balaban J connectivity index is 1.55. The number of hydrogen-bond donors (Lipinski definition) is 4. The van der Waals surface area contributed by atoms with Gasteiger partial charge in [0.2, 0.25) is 5.91 Å². The van der Waals surface area contributed by atoms with Gasteiger partial charge in [0.05, 0.1) is 11.3 Å². The Morgan fingerprint density at radius 1 is 1.30 bits per heavy atom. The van der Waals surface area contributed by atoms with Crippen molar-refractivity contribution in [3.05, 3.63) is 41.1 Å². The minimum atomic E-state index is -3.45. The molecule has 9 nitrogen and oxygen atoms in total. The Labute approximate surface area is 194 Å². The van der Waals surface area contributed by atoms with Gasteiger partial charge >= 0.3 is 6.09 Å². The van der Waals surface area contributed by atoms with Crippen LogP contribution in [0.5, 0.6) is 0 Å². The van der Waals surface area contributed by atoms with Crippen LogP contribution in [-0.4, -0.2) is 48.0 Å². The van der Waals surface area contributed by atoms with Crippen molar-refractivity contribution in [3.8, 4) is 0 Å². The van der Waals surface area contributed by atoms with E-state index >= 15 is 0 Å². The number of nitrogens with one attached hydrogen (secondary N) is 3. The second kappa shape index (κ2) is 10.4. The molecule has 180 valence electrons. The molecule has 0 saturated heterocycles. The van der Waals surface area contributed by atoms with Crippen LogP contribution in [0.3, 0.4) is 0 Å². The van der Waals surface area contributed by atoms with Crippen molar-refractivity contribution in [2.75, 3.05) is 11.6 Å². The first kappa shape index (κ1) is 24.8. The molecule has 0 spiro atoms. The molecule has 1 aliphatic rings. The fraction of sp³-hybridized carbons (Fsp3) is 0.522. The highest BCUT2D eigenvalue weighted by Gasteiger charge is 2.28. The van der Waals surface area contributed by atoms with Crippen LogP contribution >= 0.6 is 0 Å². The second-order valence-electron chi connectivity index (χ2n) is 9.07. The summed E-state index contributed by atoms with van der Waals surface area (Å²) in [7, 11) is -3.45. The summed E-state index contributed by atoms with van der Waals surface area (Å²) in [6.45, 7) is 3.59. The molecule has 2 aromatic rings. The van der Waals surface area contributed by atoms with Gasteiger partial charge in [-0.1, -0.05) is 18.2 Å². The topological polar surface area (TPSA) is 141 Å².